The first-order valence-corrected chi connectivity index (χ1v) is 10.8. The second-order valence-electron chi connectivity index (χ2n) is 7.49. The van der Waals surface area contributed by atoms with E-state index in [4.69, 9.17) is 4.98 Å². The van der Waals surface area contributed by atoms with Crippen LogP contribution in [0.4, 0.5) is 5.69 Å². The molecule has 0 saturated heterocycles. The maximum atomic E-state index is 12.8. The smallest absolute Gasteiger partial charge is 0.244 e. The molecule has 5 nitrogen and oxygen atoms in total. The summed E-state index contributed by atoms with van der Waals surface area (Å²) in [5.74, 6) is 0.708. The van der Waals surface area contributed by atoms with Crippen molar-refractivity contribution in [3.63, 3.8) is 0 Å². The third kappa shape index (κ3) is 4.54. The first-order chi connectivity index (χ1) is 14.5. The van der Waals surface area contributed by atoms with E-state index in [-0.39, 0.29) is 12.5 Å². The lowest BCUT2D eigenvalue weighted by atomic mass is 10.1. The van der Waals surface area contributed by atoms with Crippen LogP contribution < -0.4 is 5.32 Å². The number of hydrogen-bond acceptors (Lipinski definition) is 4. The number of carbonyl (C=O) groups is 1. The summed E-state index contributed by atoms with van der Waals surface area (Å²) in [5.41, 5.74) is 7.23. The summed E-state index contributed by atoms with van der Waals surface area (Å²) in [6, 6.07) is 16.3. The van der Waals surface area contributed by atoms with Gasteiger partial charge in [0.1, 0.15) is 6.54 Å². The number of nitrogens with zero attached hydrogens (tertiary/aromatic N) is 3. The molecule has 4 rings (SSSR count). The molecule has 6 heteroatoms. The summed E-state index contributed by atoms with van der Waals surface area (Å²) < 4.78 is 1.95. The van der Waals surface area contributed by atoms with Gasteiger partial charge in [-0.05, 0) is 44.0 Å². The molecule has 1 N–H and O–H groups in total. The van der Waals surface area contributed by atoms with Gasteiger partial charge in [0.2, 0.25) is 5.91 Å². The van der Waals surface area contributed by atoms with Crippen molar-refractivity contribution in [1.82, 2.24) is 14.5 Å². The predicted molar refractivity (Wildman–Crippen MR) is 123 cm³/mol. The Morgan fingerprint density at radius 3 is 2.70 bits per heavy atom. The van der Waals surface area contributed by atoms with Crippen LogP contribution >= 0.6 is 11.8 Å². The maximum absolute atomic E-state index is 12.8. The van der Waals surface area contributed by atoms with E-state index in [9.17, 15) is 4.79 Å². The molecule has 0 aliphatic rings. The van der Waals surface area contributed by atoms with Crippen molar-refractivity contribution in [3.8, 4) is 0 Å². The summed E-state index contributed by atoms with van der Waals surface area (Å²) in [7, 11) is 0. The van der Waals surface area contributed by atoms with Crippen LogP contribution in [0, 0.1) is 20.8 Å². The molecule has 2 aromatic carbocycles. The Balaban J connectivity index is 1.57. The molecule has 0 spiro atoms. The fourth-order valence-corrected chi connectivity index (χ4v) is 4.40. The summed E-state index contributed by atoms with van der Waals surface area (Å²) in [5, 5.41) is 3.85. The number of aryl methyl sites for hydroxylation is 3. The van der Waals surface area contributed by atoms with E-state index in [0.29, 0.717) is 0 Å². The van der Waals surface area contributed by atoms with E-state index < -0.39 is 0 Å². The van der Waals surface area contributed by atoms with Crippen LogP contribution in [-0.2, 0) is 17.1 Å². The van der Waals surface area contributed by atoms with Gasteiger partial charge < -0.3 is 9.88 Å². The Labute approximate surface area is 180 Å². The van der Waals surface area contributed by atoms with Crippen LogP contribution in [0.5, 0.6) is 0 Å². The van der Waals surface area contributed by atoms with Gasteiger partial charge in [-0.3, -0.25) is 9.78 Å². The molecule has 0 aliphatic heterocycles. The molecule has 0 aliphatic carbocycles. The lowest BCUT2D eigenvalue weighted by Gasteiger charge is -2.12. The average molecular weight is 417 g/mol. The third-order valence-electron chi connectivity index (χ3n) is 4.92. The number of nitrogens with one attached hydrogen (secondary N) is 1. The second kappa shape index (κ2) is 8.71. The lowest BCUT2D eigenvalue weighted by molar-refractivity contribution is -0.116. The highest BCUT2D eigenvalue weighted by atomic mass is 32.2. The Bertz CT molecular complexity index is 1220. The molecule has 4 aromatic rings. The quantitative estimate of drug-likeness (QED) is 0.434. The second-order valence-corrected chi connectivity index (χ2v) is 8.43. The summed E-state index contributed by atoms with van der Waals surface area (Å²) >= 11 is 1.63. The Hall–Kier alpha value is -3.12. The van der Waals surface area contributed by atoms with Gasteiger partial charge in [0.05, 0.1) is 17.2 Å². The average Bonchev–Trinajstić information content (AvgIpc) is 3.06. The third-order valence-corrected chi connectivity index (χ3v) is 5.97. The van der Waals surface area contributed by atoms with Gasteiger partial charge in [-0.15, -0.1) is 0 Å². The minimum absolute atomic E-state index is 0.0810. The zero-order valence-corrected chi connectivity index (χ0v) is 18.2. The van der Waals surface area contributed by atoms with Crippen molar-refractivity contribution in [3.05, 3.63) is 83.2 Å². The molecule has 0 saturated carbocycles. The first kappa shape index (κ1) is 20.2. The van der Waals surface area contributed by atoms with Crippen LogP contribution in [0.3, 0.4) is 0 Å². The van der Waals surface area contributed by atoms with Crippen LogP contribution in [0.15, 0.2) is 66.1 Å². The monoisotopic (exact) mass is 416 g/mol. The number of amides is 1. The van der Waals surface area contributed by atoms with Gasteiger partial charge in [0.15, 0.2) is 5.16 Å². The molecule has 0 radical (unpaired) electrons. The standard InChI is InChI=1S/C24H24N4OS/c1-16-5-4-6-19(12-16)15-30-24-27-21-9-10-25-13-22(21)28(24)14-23(29)26-20-8-7-17(2)11-18(20)3/h4-13H,14-15H2,1-3H3,(H,26,29). The van der Waals surface area contributed by atoms with Crippen molar-refractivity contribution in [2.24, 2.45) is 0 Å². The van der Waals surface area contributed by atoms with Gasteiger partial charge >= 0.3 is 0 Å². The Morgan fingerprint density at radius 2 is 1.90 bits per heavy atom. The van der Waals surface area contributed by atoms with E-state index in [1.165, 1.54) is 16.7 Å². The van der Waals surface area contributed by atoms with Gasteiger partial charge in [-0.2, -0.15) is 0 Å². The molecule has 0 bridgehead atoms. The van der Waals surface area contributed by atoms with E-state index in [1.54, 1.807) is 24.2 Å². The highest BCUT2D eigenvalue weighted by Crippen LogP contribution is 2.27. The minimum Gasteiger partial charge on any atom is -0.324 e. The number of imidazole rings is 1. The van der Waals surface area contributed by atoms with Gasteiger partial charge in [-0.1, -0.05) is 59.3 Å². The van der Waals surface area contributed by atoms with Gasteiger partial charge in [0, 0.05) is 17.6 Å². The number of hydrogen-bond donors (Lipinski definition) is 1. The molecule has 152 valence electrons. The van der Waals surface area contributed by atoms with E-state index >= 15 is 0 Å². The number of anilines is 1. The minimum atomic E-state index is -0.0810. The molecule has 30 heavy (non-hydrogen) atoms. The number of pyridine rings is 1. The summed E-state index contributed by atoms with van der Waals surface area (Å²) in [4.78, 5) is 21.8. The van der Waals surface area contributed by atoms with Crippen molar-refractivity contribution in [1.29, 1.82) is 0 Å². The molecular formula is C24H24N4OS. The van der Waals surface area contributed by atoms with Crippen molar-refractivity contribution in [2.75, 3.05) is 5.32 Å². The van der Waals surface area contributed by atoms with Crippen molar-refractivity contribution < 1.29 is 4.79 Å². The molecule has 2 heterocycles. The molecule has 0 fully saturated rings. The SMILES string of the molecule is Cc1cccc(CSc2nc3ccncc3n2CC(=O)Nc2ccc(C)cc2C)c1. The molecule has 2 aromatic heterocycles. The van der Waals surface area contributed by atoms with Crippen LogP contribution in [-0.4, -0.2) is 20.4 Å². The van der Waals surface area contributed by atoms with Gasteiger partial charge in [0.25, 0.3) is 0 Å². The zero-order chi connectivity index (χ0) is 21.1. The zero-order valence-electron chi connectivity index (χ0n) is 17.3. The topological polar surface area (TPSA) is 59.8 Å². The number of fused-ring (bicyclic) bond motifs is 1. The number of aromatic nitrogens is 3. The van der Waals surface area contributed by atoms with E-state index in [0.717, 1.165) is 33.2 Å². The number of benzene rings is 2. The molecule has 0 unspecified atom stereocenters. The molecular weight excluding hydrogens is 392 g/mol. The van der Waals surface area contributed by atoms with E-state index in [2.05, 4.69) is 47.6 Å². The summed E-state index contributed by atoms with van der Waals surface area (Å²) in [6.45, 7) is 6.32. The lowest BCUT2D eigenvalue weighted by Crippen LogP contribution is -2.19. The van der Waals surface area contributed by atoms with Crippen LogP contribution in [0.25, 0.3) is 11.0 Å². The largest absolute Gasteiger partial charge is 0.324 e. The maximum Gasteiger partial charge on any atom is 0.244 e. The number of rotatable bonds is 6. The molecule has 1 amide bonds. The predicted octanol–water partition coefficient (Wildman–Crippen LogP) is 5.29. The highest BCUT2D eigenvalue weighted by Gasteiger charge is 2.15. The molecule has 0 atom stereocenters. The van der Waals surface area contributed by atoms with Crippen molar-refractivity contribution >= 4 is 34.4 Å². The number of carbonyl (C=O) groups excluding carboxylic acids is 1. The normalized spacial score (nSPS) is 11.0. The van der Waals surface area contributed by atoms with Gasteiger partial charge in [-0.25, -0.2) is 4.98 Å². The van der Waals surface area contributed by atoms with Crippen LogP contribution in [0.2, 0.25) is 0 Å². The van der Waals surface area contributed by atoms with Crippen LogP contribution in [0.1, 0.15) is 22.3 Å². The Kier molecular flexibility index (Phi) is 5.86. The van der Waals surface area contributed by atoms with E-state index in [1.807, 2.05) is 36.6 Å². The fourth-order valence-electron chi connectivity index (χ4n) is 3.45. The summed E-state index contributed by atoms with van der Waals surface area (Å²) in [6.07, 6.45) is 3.49. The Morgan fingerprint density at radius 1 is 1.07 bits per heavy atom. The van der Waals surface area contributed by atoms with Crippen molar-refractivity contribution in [2.45, 2.75) is 38.2 Å². The highest BCUT2D eigenvalue weighted by molar-refractivity contribution is 7.98. The first-order valence-electron chi connectivity index (χ1n) is 9.85. The number of thioether (sulfide) groups is 1. The fraction of sp³-hybridized carbons (Fsp3) is 0.208.